The number of fused-ring (bicyclic) bond motifs is 1. The van der Waals surface area contributed by atoms with E-state index in [1.807, 2.05) is 0 Å². The number of carbonyl (C=O) groups is 1. The van der Waals surface area contributed by atoms with Crippen molar-refractivity contribution in [2.24, 2.45) is 5.16 Å². The molecule has 1 aliphatic rings. The van der Waals surface area contributed by atoms with Crippen molar-refractivity contribution in [2.45, 2.75) is 31.7 Å². The van der Waals surface area contributed by atoms with E-state index in [2.05, 4.69) is 10.5 Å². The summed E-state index contributed by atoms with van der Waals surface area (Å²) in [5.74, 6) is -0.215. The van der Waals surface area contributed by atoms with Crippen LogP contribution in [0.5, 0.6) is 0 Å². The second-order valence-electron chi connectivity index (χ2n) is 7.13. The molecule has 5 nitrogen and oxygen atoms in total. The summed E-state index contributed by atoms with van der Waals surface area (Å²) in [7, 11) is 0. The van der Waals surface area contributed by atoms with Crippen molar-refractivity contribution >= 4 is 45.8 Å². The number of hydrogen-bond acceptors (Lipinski definition) is 4. The fourth-order valence-electron chi connectivity index (χ4n) is 3.57. The largest absolute Gasteiger partial charge is 0.464 e. The van der Waals surface area contributed by atoms with Gasteiger partial charge in [-0.15, -0.1) is 0 Å². The molecule has 1 aromatic heterocycles. The fraction of sp³-hybridized carbons (Fsp3) is 0.238. The number of benzene rings is 2. The molecule has 4 rings (SSSR count). The third kappa shape index (κ3) is 3.85. The number of rotatable bonds is 4. The van der Waals surface area contributed by atoms with Crippen molar-refractivity contribution in [3.8, 4) is 0 Å². The van der Waals surface area contributed by atoms with E-state index in [1.165, 1.54) is 31.4 Å². The summed E-state index contributed by atoms with van der Waals surface area (Å²) in [5.41, 5.74) is -1.28. The van der Waals surface area contributed by atoms with Crippen molar-refractivity contribution in [3.05, 3.63) is 69.4 Å². The number of halogens is 5. The number of nitrogens with one attached hydrogen (secondary N) is 1. The van der Waals surface area contributed by atoms with Gasteiger partial charge in [-0.25, -0.2) is 0 Å². The maximum Gasteiger partial charge on any atom is 0.435 e. The first kappa shape index (κ1) is 21.5. The topological polar surface area (TPSA) is 63.8 Å². The molecule has 1 N–H and O–H groups in total. The number of furan rings is 1. The van der Waals surface area contributed by atoms with Gasteiger partial charge in [0.1, 0.15) is 5.58 Å². The van der Waals surface area contributed by atoms with Crippen molar-refractivity contribution in [3.63, 3.8) is 0 Å². The monoisotopic (exact) mass is 470 g/mol. The lowest BCUT2D eigenvalue weighted by Gasteiger charge is -2.29. The van der Waals surface area contributed by atoms with Crippen LogP contribution >= 0.6 is 23.2 Å². The van der Waals surface area contributed by atoms with Crippen LogP contribution in [0.3, 0.4) is 0 Å². The lowest BCUT2D eigenvalue weighted by Crippen LogP contribution is -2.42. The van der Waals surface area contributed by atoms with Gasteiger partial charge in [-0.05, 0) is 24.3 Å². The average Bonchev–Trinajstić information content (AvgIpc) is 3.33. The molecule has 31 heavy (non-hydrogen) atoms. The van der Waals surface area contributed by atoms with Gasteiger partial charge in [0.15, 0.2) is 0 Å². The Hall–Kier alpha value is -2.71. The third-order valence-corrected chi connectivity index (χ3v) is 5.49. The van der Waals surface area contributed by atoms with E-state index in [4.69, 9.17) is 32.5 Å². The number of amides is 1. The first-order valence-electron chi connectivity index (χ1n) is 9.13. The summed E-state index contributed by atoms with van der Waals surface area (Å²) in [4.78, 5) is 16.3. The molecule has 2 aromatic carbocycles. The van der Waals surface area contributed by atoms with Crippen molar-refractivity contribution in [2.75, 3.05) is 0 Å². The molecule has 1 aliphatic heterocycles. The Balaban J connectivity index is 1.74. The quantitative estimate of drug-likeness (QED) is 0.511. The van der Waals surface area contributed by atoms with Crippen LogP contribution in [-0.2, 0) is 21.8 Å². The summed E-state index contributed by atoms with van der Waals surface area (Å²) in [6.07, 6.45) is -3.93. The highest BCUT2D eigenvalue weighted by molar-refractivity contribution is 6.34. The SMILES string of the molecule is CC(=O)NCc1ccc(C2=NOC(c3cc(Cl)cc(Cl)c3)(C(F)(F)F)C2)c2ccoc12. The van der Waals surface area contributed by atoms with Crippen LogP contribution in [0, 0.1) is 0 Å². The lowest BCUT2D eigenvalue weighted by atomic mass is 9.86. The minimum Gasteiger partial charge on any atom is -0.464 e. The zero-order valence-corrected chi connectivity index (χ0v) is 17.5. The van der Waals surface area contributed by atoms with E-state index in [0.29, 0.717) is 22.1 Å². The molecule has 0 saturated heterocycles. The number of carbonyl (C=O) groups excluding carboxylic acids is 1. The minimum absolute atomic E-state index is 0.0581. The molecule has 0 spiro atoms. The van der Waals surface area contributed by atoms with Crippen molar-refractivity contribution < 1.29 is 27.2 Å². The molecule has 0 bridgehead atoms. The Morgan fingerprint density at radius 2 is 1.90 bits per heavy atom. The molecule has 3 aromatic rings. The first-order chi connectivity index (χ1) is 14.6. The normalized spacial score (nSPS) is 18.7. The van der Waals surface area contributed by atoms with E-state index >= 15 is 0 Å². The van der Waals surface area contributed by atoms with Gasteiger partial charge in [0.2, 0.25) is 5.91 Å². The summed E-state index contributed by atoms with van der Waals surface area (Å²) in [5, 5.41) is 7.14. The molecule has 162 valence electrons. The van der Waals surface area contributed by atoms with Crippen molar-refractivity contribution in [1.82, 2.24) is 5.32 Å². The van der Waals surface area contributed by atoms with E-state index in [0.717, 1.165) is 0 Å². The van der Waals surface area contributed by atoms with E-state index < -0.39 is 18.2 Å². The van der Waals surface area contributed by atoms with Crippen LogP contribution in [0.25, 0.3) is 11.0 Å². The van der Waals surface area contributed by atoms with Gasteiger partial charge in [-0.1, -0.05) is 40.5 Å². The van der Waals surface area contributed by atoms with Crippen LogP contribution in [0.15, 0.2) is 52.2 Å². The predicted molar refractivity (Wildman–Crippen MR) is 110 cm³/mol. The second-order valence-corrected chi connectivity index (χ2v) is 8.01. The summed E-state index contributed by atoms with van der Waals surface area (Å²) in [6, 6.07) is 8.62. The fourth-order valence-corrected chi connectivity index (χ4v) is 4.09. The lowest BCUT2D eigenvalue weighted by molar-refractivity contribution is -0.275. The number of nitrogens with zero attached hydrogens (tertiary/aromatic N) is 1. The summed E-state index contributed by atoms with van der Waals surface area (Å²) >= 11 is 11.9. The molecule has 1 unspecified atom stereocenters. The van der Waals surface area contributed by atoms with E-state index in [9.17, 15) is 18.0 Å². The Morgan fingerprint density at radius 3 is 2.55 bits per heavy atom. The highest BCUT2D eigenvalue weighted by Gasteiger charge is 2.62. The van der Waals surface area contributed by atoms with Gasteiger partial charge in [0, 0.05) is 52.0 Å². The van der Waals surface area contributed by atoms with Gasteiger partial charge in [-0.3, -0.25) is 4.79 Å². The highest BCUT2D eigenvalue weighted by Crippen LogP contribution is 2.50. The summed E-state index contributed by atoms with van der Waals surface area (Å²) in [6.45, 7) is 1.60. The smallest absolute Gasteiger partial charge is 0.435 e. The summed E-state index contributed by atoms with van der Waals surface area (Å²) < 4.78 is 48.1. The zero-order chi connectivity index (χ0) is 22.4. The molecule has 10 heteroatoms. The molecule has 1 atom stereocenters. The maximum atomic E-state index is 14.2. The maximum absolute atomic E-state index is 14.2. The Morgan fingerprint density at radius 1 is 1.19 bits per heavy atom. The molecule has 2 heterocycles. The van der Waals surface area contributed by atoms with Gasteiger partial charge in [0.25, 0.3) is 5.60 Å². The average molecular weight is 471 g/mol. The molecular weight excluding hydrogens is 456 g/mol. The first-order valence-corrected chi connectivity index (χ1v) is 9.88. The molecule has 0 aliphatic carbocycles. The Bertz CT molecular complexity index is 1190. The molecular formula is C21H15Cl2F3N2O3. The minimum atomic E-state index is -4.78. The molecule has 0 fully saturated rings. The zero-order valence-electron chi connectivity index (χ0n) is 16.0. The van der Waals surface area contributed by atoms with Crippen LogP contribution in [-0.4, -0.2) is 17.8 Å². The van der Waals surface area contributed by atoms with Crippen LogP contribution in [0.2, 0.25) is 10.0 Å². The number of hydrogen-bond donors (Lipinski definition) is 1. The van der Waals surface area contributed by atoms with Crippen LogP contribution in [0.1, 0.15) is 30.0 Å². The van der Waals surface area contributed by atoms with Crippen LogP contribution < -0.4 is 5.32 Å². The van der Waals surface area contributed by atoms with E-state index in [-0.39, 0.29) is 33.8 Å². The van der Waals surface area contributed by atoms with Crippen LogP contribution in [0.4, 0.5) is 13.2 Å². The van der Waals surface area contributed by atoms with Gasteiger partial charge in [0.05, 0.1) is 12.0 Å². The Kier molecular flexibility index (Phi) is 5.39. The second kappa shape index (κ2) is 7.76. The highest BCUT2D eigenvalue weighted by atomic mass is 35.5. The number of alkyl halides is 3. The van der Waals surface area contributed by atoms with Crippen molar-refractivity contribution in [1.29, 1.82) is 0 Å². The van der Waals surface area contributed by atoms with Gasteiger partial charge < -0.3 is 14.6 Å². The number of oxime groups is 1. The molecule has 0 saturated carbocycles. The van der Waals surface area contributed by atoms with E-state index in [1.54, 1.807) is 18.2 Å². The predicted octanol–water partition coefficient (Wildman–Crippen LogP) is 5.96. The van der Waals surface area contributed by atoms with Gasteiger partial charge >= 0.3 is 6.18 Å². The Labute approximate surface area is 184 Å². The molecule has 1 amide bonds. The van der Waals surface area contributed by atoms with Gasteiger partial charge in [-0.2, -0.15) is 13.2 Å². The molecule has 0 radical (unpaired) electrons. The standard InChI is InChI=1S/C21H15Cl2F3N2O3/c1-11(29)27-10-12-2-3-16(17-4-5-30-19(12)17)18-9-20(31-28-18,21(24,25)26)13-6-14(22)8-15(23)7-13/h2-8H,9-10H2,1H3,(H,27,29). The third-order valence-electron chi connectivity index (χ3n) is 5.05.